The van der Waals surface area contributed by atoms with Crippen molar-refractivity contribution in [3.8, 4) is 0 Å². The highest BCUT2D eigenvalue weighted by Crippen LogP contribution is 2.12. The van der Waals surface area contributed by atoms with Crippen LogP contribution in [0.25, 0.3) is 10.8 Å². The second-order valence-electron chi connectivity index (χ2n) is 4.39. The molecular weight excluding hydrogens is 290 g/mol. The van der Waals surface area contributed by atoms with E-state index in [1.165, 1.54) is 0 Å². The lowest BCUT2D eigenvalue weighted by molar-refractivity contribution is 0.0952. The Morgan fingerprint density at radius 2 is 2.05 bits per heavy atom. The van der Waals surface area contributed by atoms with E-state index in [0.29, 0.717) is 17.3 Å². The Labute approximate surface area is 126 Å². The largest absolute Gasteiger partial charge is 0.396 e. The van der Waals surface area contributed by atoms with E-state index < -0.39 is 0 Å². The molecule has 0 aliphatic rings. The minimum atomic E-state index is -0.304. The monoisotopic (exact) mass is 307 g/mol. The number of benzene rings is 1. The third-order valence-electron chi connectivity index (χ3n) is 2.89. The average molecular weight is 307 g/mol. The standard InChI is InChI=1S/C14H17N3O3S/c18-7-3-8-21-9-6-15-14(20)12-10-4-1-2-5-11(10)13(19)17-16-12/h1-2,4-5,18H,3,6-9H2,(H,15,20)(H,17,19). The van der Waals surface area contributed by atoms with Crippen LogP contribution < -0.4 is 10.9 Å². The van der Waals surface area contributed by atoms with Gasteiger partial charge in [0, 0.05) is 24.3 Å². The van der Waals surface area contributed by atoms with Crippen LogP contribution in [0.4, 0.5) is 0 Å². The van der Waals surface area contributed by atoms with Gasteiger partial charge in [0.05, 0.1) is 5.39 Å². The van der Waals surface area contributed by atoms with Crippen LogP contribution in [0, 0.1) is 0 Å². The maximum Gasteiger partial charge on any atom is 0.272 e. The summed E-state index contributed by atoms with van der Waals surface area (Å²) >= 11 is 1.67. The van der Waals surface area contributed by atoms with Crippen molar-refractivity contribution < 1.29 is 9.90 Å². The number of carbonyl (C=O) groups excluding carboxylic acids is 1. The quantitative estimate of drug-likeness (QED) is 0.657. The van der Waals surface area contributed by atoms with Crippen LogP contribution in [0.3, 0.4) is 0 Å². The van der Waals surface area contributed by atoms with Gasteiger partial charge in [-0.2, -0.15) is 16.9 Å². The molecule has 112 valence electrons. The number of aromatic amines is 1. The first-order valence-electron chi connectivity index (χ1n) is 6.68. The van der Waals surface area contributed by atoms with Gasteiger partial charge in [-0.1, -0.05) is 18.2 Å². The number of aliphatic hydroxyl groups excluding tert-OH is 1. The molecular formula is C14H17N3O3S. The fourth-order valence-electron chi connectivity index (χ4n) is 1.88. The molecule has 0 saturated carbocycles. The number of fused-ring (bicyclic) bond motifs is 1. The van der Waals surface area contributed by atoms with Gasteiger partial charge in [-0.3, -0.25) is 9.59 Å². The number of carbonyl (C=O) groups is 1. The highest BCUT2D eigenvalue weighted by molar-refractivity contribution is 7.99. The van der Waals surface area contributed by atoms with Crippen LogP contribution in [0.5, 0.6) is 0 Å². The van der Waals surface area contributed by atoms with E-state index in [9.17, 15) is 9.59 Å². The first kappa shape index (κ1) is 15.5. The van der Waals surface area contributed by atoms with Crippen molar-refractivity contribution in [2.75, 3.05) is 24.7 Å². The molecule has 1 aromatic heterocycles. The molecule has 0 saturated heterocycles. The van der Waals surface area contributed by atoms with Gasteiger partial charge in [0.2, 0.25) is 0 Å². The molecule has 3 N–H and O–H groups in total. The van der Waals surface area contributed by atoms with Crippen molar-refractivity contribution >= 4 is 28.4 Å². The molecule has 6 nitrogen and oxygen atoms in total. The molecule has 0 aliphatic carbocycles. The second-order valence-corrected chi connectivity index (χ2v) is 5.62. The lowest BCUT2D eigenvalue weighted by Crippen LogP contribution is -2.28. The van der Waals surface area contributed by atoms with E-state index in [0.717, 1.165) is 17.9 Å². The molecule has 1 aromatic carbocycles. The zero-order valence-corrected chi connectivity index (χ0v) is 12.3. The molecule has 1 heterocycles. The third-order valence-corrected chi connectivity index (χ3v) is 3.96. The number of nitrogens with one attached hydrogen (secondary N) is 2. The molecule has 2 aromatic rings. The summed E-state index contributed by atoms with van der Waals surface area (Å²) in [4.78, 5) is 23.8. The van der Waals surface area contributed by atoms with Crippen molar-refractivity contribution in [3.63, 3.8) is 0 Å². The van der Waals surface area contributed by atoms with Crippen LogP contribution in [0.15, 0.2) is 29.1 Å². The minimum Gasteiger partial charge on any atom is -0.396 e. The molecule has 0 fully saturated rings. The number of hydrogen-bond donors (Lipinski definition) is 3. The average Bonchev–Trinajstić information content (AvgIpc) is 2.51. The number of hydrogen-bond acceptors (Lipinski definition) is 5. The molecule has 7 heteroatoms. The SMILES string of the molecule is O=C(NCCSCCCO)c1n[nH]c(=O)c2ccccc12. The molecule has 0 spiro atoms. The number of aliphatic hydroxyl groups is 1. The highest BCUT2D eigenvalue weighted by Gasteiger charge is 2.13. The fraction of sp³-hybridized carbons (Fsp3) is 0.357. The first-order valence-corrected chi connectivity index (χ1v) is 7.83. The highest BCUT2D eigenvalue weighted by atomic mass is 32.2. The van der Waals surface area contributed by atoms with Crippen molar-refractivity contribution in [1.82, 2.24) is 15.5 Å². The van der Waals surface area contributed by atoms with Gasteiger partial charge in [-0.05, 0) is 18.2 Å². The van der Waals surface area contributed by atoms with Gasteiger partial charge in [0.25, 0.3) is 11.5 Å². The second kappa shape index (κ2) is 7.80. The van der Waals surface area contributed by atoms with Gasteiger partial charge < -0.3 is 10.4 Å². The Morgan fingerprint density at radius 3 is 2.81 bits per heavy atom. The number of nitrogens with zero attached hydrogens (tertiary/aromatic N) is 1. The van der Waals surface area contributed by atoms with E-state index in [-0.39, 0.29) is 23.8 Å². The Morgan fingerprint density at radius 1 is 1.29 bits per heavy atom. The van der Waals surface area contributed by atoms with Crippen LogP contribution in [-0.2, 0) is 0 Å². The summed E-state index contributed by atoms with van der Waals surface area (Å²) in [6.45, 7) is 0.705. The predicted molar refractivity (Wildman–Crippen MR) is 83.7 cm³/mol. The molecule has 0 unspecified atom stereocenters. The van der Waals surface area contributed by atoms with Crippen molar-refractivity contribution in [3.05, 3.63) is 40.3 Å². The minimum absolute atomic E-state index is 0.187. The molecule has 1 amide bonds. The number of amides is 1. The molecule has 0 radical (unpaired) electrons. The van der Waals surface area contributed by atoms with Crippen molar-refractivity contribution in [2.45, 2.75) is 6.42 Å². The lowest BCUT2D eigenvalue weighted by Gasteiger charge is -2.06. The molecule has 21 heavy (non-hydrogen) atoms. The zero-order chi connectivity index (χ0) is 15.1. The van der Waals surface area contributed by atoms with Crippen LogP contribution in [0.2, 0.25) is 0 Å². The normalized spacial score (nSPS) is 10.7. The fourth-order valence-corrected chi connectivity index (χ4v) is 2.66. The zero-order valence-electron chi connectivity index (χ0n) is 11.5. The van der Waals surface area contributed by atoms with Gasteiger partial charge in [-0.15, -0.1) is 0 Å². The Bertz CT molecular complexity index is 672. The van der Waals surface area contributed by atoms with E-state index in [2.05, 4.69) is 15.5 Å². The van der Waals surface area contributed by atoms with E-state index in [1.54, 1.807) is 36.0 Å². The summed E-state index contributed by atoms with van der Waals surface area (Å²) in [5.74, 6) is 1.34. The first-order chi connectivity index (χ1) is 10.2. The van der Waals surface area contributed by atoms with Crippen LogP contribution in [-0.4, -0.2) is 45.9 Å². The summed E-state index contributed by atoms with van der Waals surface area (Å²) in [5, 5.41) is 18.6. The van der Waals surface area contributed by atoms with Gasteiger partial charge >= 0.3 is 0 Å². The van der Waals surface area contributed by atoms with Crippen LogP contribution in [0.1, 0.15) is 16.9 Å². The number of thioether (sulfide) groups is 1. The maximum atomic E-state index is 12.1. The van der Waals surface area contributed by atoms with Gasteiger partial charge in [0.15, 0.2) is 5.69 Å². The molecule has 0 aliphatic heterocycles. The third kappa shape index (κ3) is 4.05. The predicted octanol–water partition coefficient (Wildman–Crippen LogP) is 0.768. The Balaban J connectivity index is 2.00. The molecule has 0 atom stereocenters. The maximum absolute atomic E-state index is 12.1. The van der Waals surface area contributed by atoms with E-state index in [4.69, 9.17) is 5.11 Å². The summed E-state index contributed by atoms with van der Waals surface area (Å²) < 4.78 is 0. The van der Waals surface area contributed by atoms with Crippen molar-refractivity contribution in [2.24, 2.45) is 0 Å². The van der Waals surface area contributed by atoms with E-state index in [1.807, 2.05) is 0 Å². The molecule has 2 rings (SSSR count). The summed E-state index contributed by atoms with van der Waals surface area (Å²) in [5.41, 5.74) is -0.0766. The van der Waals surface area contributed by atoms with Crippen molar-refractivity contribution in [1.29, 1.82) is 0 Å². The van der Waals surface area contributed by atoms with E-state index >= 15 is 0 Å². The summed E-state index contributed by atoms with van der Waals surface area (Å²) in [6, 6.07) is 6.89. The van der Waals surface area contributed by atoms with Gasteiger partial charge in [0.1, 0.15) is 0 Å². The number of rotatable bonds is 7. The number of H-pyrrole nitrogens is 1. The Kier molecular flexibility index (Phi) is 5.77. The summed E-state index contributed by atoms with van der Waals surface area (Å²) in [6.07, 6.45) is 0.755. The Hall–Kier alpha value is -1.86. The topological polar surface area (TPSA) is 95.1 Å². The smallest absolute Gasteiger partial charge is 0.272 e. The molecule has 0 bridgehead atoms. The number of aromatic nitrogens is 2. The van der Waals surface area contributed by atoms with Crippen LogP contribution >= 0.6 is 11.8 Å². The lowest BCUT2D eigenvalue weighted by atomic mass is 10.1. The van der Waals surface area contributed by atoms with Gasteiger partial charge in [-0.25, -0.2) is 5.10 Å². The summed E-state index contributed by atoms with van der Waals surface area (Å²) in [7, 11) is 0.